The monoisotopic (exact) mass is 528 g/mol. The molecule has 0 saturated heterocycles. The Morgan fingerprint density at radius 2 is 2.08 bits per heavy atom. The lowest BCUT2D eigenvalue weighted by molar-refractivity contribution is 0.119. The highest BCUT2D eigenvalue weighted by atomic mass is 19.3. The van der Waals surface area contributed by atoms with Crippen LogP contribution >= 0.6 is 0 Å². The average molecular weight is 529 g/mol. The Kier molecular flexibility index (Phi) is 10.1. The maximum atomic E-state index is 13.1. The van der Waals surface area contributed by atoms with E-state index in [2.05, 4.69) is 28.4 Å². The maximum absolute atomic E-state index is 13.1. The fraction of sp³-hybridized carbons (Fsp3) is 0.407. The van der Waals surface area contributed by atoms with Crippen LogP contribution in [0.4, 0.5) is 13.6 Å². The summed E-state index contributed by atoms with van der Waals surface area (Å²) in [5, 5.41) is 2.71. The van der Waals surface area contributed by atoms with Crippen LogP contribution in [0.25, 0.3) is 16.9 Å². The Morgan fingerprint density at radius 1 is 1.29 bits per heavy atom. The number of hydrogen-bond acceptors (Lipinski definition) is 6. The van der Waals surface area contributed by atoms with Crippen molar-refractivity contribution in [3.05, 3.63) is 61.9 Å². The van der Waals surface area contributed by atoms with E-state index in [9.17, 15) is 13.6 Å². The molecule has 0 fully saturated rings. The zero-order chi connectivity index (χ0) is 27.7. The van der Waals surface area contributed by atoms with Crippen LogP contribution in [0.1, 0.15) is 44.8 Å². The summed E-state index contributed by atoms with van der Waals surface area (Å²) in [6.45, 7) is 11.7. The number of imidazole rings is 1. The number of ether oxygens (including phenoxy) is 2. The second-order valence-corrected chi connectivity index (χ2v) is 8.58. The summed E-state index contributed by atoms with van der Waals surface area (Å²) >= 11 is 0. The molecule has 0 spiro atoms. The first-order chi connectivity index (χ1) is 18.3. The molecule has 9 nitrogen and oxygen atoms in total. The third-order valence-electron chi connectivity index (χ3n) is 6.03. The normalized spacial score (nSPS) is 12.7. The molecule has 3 rings (SSSR count). The molecular weight excluding hydrogens is 494 g/mol. The number of nitrogens with zero attached hydrogens (tertiary/aromatic N) is 5. The molecule has 0 saturated carbocycles. The van der Waals surface area contributed by atoms with Crippen molar-refractivity contribution in [2.24, 2.45) is 0 Å². The zero-order valence-electron chi connectivity index (χ0n) is 21.9. The topological polar surface area (TPSA) is 93.9 Å². The van der Waals surface area contributed by atoms with Gasteiger partial charge >= 0.3 is 6.03 Å². The number of nitrogens with one attached hydrogen (secondary N) is 1. The highest BCUT2D eigenvalue weighted by Crippen LogP contribution is 2.33. The smallest absolute Gasteiger partial charge is 0.318 e. The van der Waals surface area contributed by atoms with E-state index in [1.807, 2.05) is 24.4 Å². The summed E-state index contributed by atoms with van der Waals surface area (Å²) in [7, 11) is 1.54. The number of carbonyl (C=O) groups is 1. The Labute approximate surface area is 221 Å². The molecule has 0 radical (unpaired) electrons. The van der Waals surface area contributed by atoms with Gasteiger partial charge in [0, 0.05) is 43.2 Å². The first kappa shape index (κ1) is 28.5. The molecule has 2 amide bonds. The van der Waals surface area contributed by atoms with Crippen LogP contribution in [0.2, 0.25) is 0 Å². The largest absolute Gasteiger partial charge is 0.494 e. The molecular formula is C27H34F2N6O3. The molecule has 1 N–H and O–H groups in total. The van der Waals surface area contributed by atoms with Gasteiger partial charge in [0.2, 0.25) is 12.1 Å². The lowest BCUT2D eigenvalue weighted by Crippen LogP contribution is -2.46. The molecule has 3 heterocycles. The lowest BCUT2D eigenvalue weighted by Gasteiger charge is -2.30. The fourth-order valence-corrected chi connectivity index (χ4v) is 4.06. The number of halogens is 2. The van der Waals surface area contributed by atoms with Gasteiger partial charge in [-0.05, 0) is 32.8 Å². The van der Waals surface area contributed by atoms with Gasteiger partial charge in [0.15, 0.2) is 0 Å². The highest BCUT2D eigenvalue weighted by Gasteiger charge is 2.26. The highest BCUT2D eigenvalue weighted by molar-refractivity contribution is 5.75. The van der Waals surface area contributed by atoms with Crippen LogP contribution in [-0.2, 0) is 0 Å². The first-order valence-corrected chi connectivity index (χ1v) is 12.4. The predicted octanol–water partition coefficient (Wildman–Crippen LogP) is 5.45. The molecule has 0 aromatic carbocycles. The maximum Gasteiger partial charge on any atom is 0.318 e. The number of rotatable bonds is 14. The summed E-state index contributed by atoms with van der Waals surface area (Å²) in [4.78, 5) is 28.1. The SMILES string of the molecule is C=CCCOc1nc(-c2cc([C@@H](C)N(CC)C(=O)NC(CC=C)CC(F)F)ncc2OC)cn2ccnc12. The molecule has 0 aliphatic carbocycles. The van der Waals surface area contributed by atoms with Crippen LogP contribution in [0.3, 0.4) is 0 Å². The minimum atomic E-state index is -2.54. The molecule has 2 atom stereocenters. The number of aromatic nitrogens is 4. The zero-order valence-corrected chi connectivity index (χ0v) is 21.9. The first-order valence-electron chi connectivity index (χ1n) is 12.4. The Morgan fingerprint density at radius 3 is 2.74 bits per heavy atom. The summed E-state index contributed by atoms with van der Waals surface area (Å²) in [5.41, 5.74) is 2.36. The van der Waals surface area contributed by atoms with Crippen molar-refractivity contribution in [3.8, 4) is 22.9 Å². The lowest BCUT2D eigenvalue weighted by atomic mass is 10.1. The van der Waals surface area contributed by atoms with Crippen LogP contribution < -0.4 is 14.8 Å². The molecule has 0 bridgehead atoms. The van der Waals surface area contributed by atoms with Crippen LogP contribution in [-0.4, -0.2) is 63.0 Å². The van der Waals surface area contributed by atoms with Gasteiger partial charge in [0.05, 0.1) is 37.3 Å². The van der Waals surface area contributed by atoms with Crippen molar-refractivity contribution >= 4 is 11.7 Å². The van der Waals surface area contributed by atoms with Crippen molar-refractivity contribution < 1.29 is 23.0 Å². The third kappa shape index (κ3) is 6.84. The second-order valence-electron chi connectivity index (χ2n) is 8.58. The Balaban J connectivity index is 1.94. The fourth-order valence-electron chi connectivity index (χ4n) is 4.06. The third-order valence-corrected chi connectivity index (χ3v) is 6.03. The van der Waals surface area contributed by atoms with Gasteiger partial charge in [-0.1, -0.05) is 12.2 Å². The van der Waals surface area contributed by atoms with Crippen molar-refractivity contribution in [1.82, 2.24) is 29.6 Å². The summed E-state index contributed by atoms with van der Waals surface area (Å²) in [6, 6.07) is 0.160. The van der Waals surface area contributed by atoms with Gasteiger partial charge < -0.3 is 24.1 Å². The van der Waals surface area contributed by atoms with E-state index in [-0.39, 0.29) is 6.42 Å². The van der Waals surface area contributed by atoms with E-state index in [0.717, 1.165) is 0 Å². The summed E-state index contributed by atoms with van der Waals surface area (Å²) in [6.07, 6.45) is 8.01. The standard InChI is InChI=1S/C27H34F2N6O3/c1-6-9-13-38-26-25-30-11-12-34(25)17-22(33-26)20-15-21(31-16-23(20)37-5)18(4)35(8-3)27(36)32-19(10-7-2)14-24(28)29/h6-7,11-12,15-19,24H,1-2,8-10,13-14H2,3-5H3,(H,32,36)/t18-,19?/m1/s1. The van der Waals surface area contributed by atoms with Crippen molar-refractivity contribution in [2.45, 2.75) is 51.6 Å². The van der Waals surface area contributed by atoms with Crippen molar-refractivity contribution in [3.63, 3.8) is 0 Å². The predicted molar refractivity (Wildman–Crippen MR) is 142 cm³/mol. The Hall–Kier alpha value is -4.02. The van der Waals surface area contributed by atoms with E-state index in [1.54, 1.807) is 30.7 Å². The number of carbonyl (C=O) groups excluding carboxylic acids is 1. The van der Waals surface area contributed by atoms with E-state index >= 15 is 0 Å². The average Bonchev–Trinajstić information content (AvgIpc) is 3.37. The number of alkyl halides is 2. The van der Waals surface area contributed by atoms with Gasteiger partial charge in [0.1, 0.15) is 5.75 Å². The van der Waals surface area contributed by atoms with E-state index < -0.39 is 31.0 Å². The van der Waals surface area contributed by atoms with Crippen LogP contribution in [0, 0.1) is 0 Å². The van der Waals surface area contributed by atoms with Crippen molar-refractivity contribution in [2.75, 3.05) is 20.3 Å². The number of urea groups is 1. The van der Waals surface area contributed by atoms with E-state index in [4.69, 9.17) is 14.5 Å². The van der Waals surface area contributed by atoms with E-state index in [0.29, 0.717) is 53.8 Å². The van der Waals surface area contributed by atoms with Crippen LogP contribution in [0.15, 0.2) is 56.2 Å². The van der Waals surface area contributed by atoms with Gasteiger partial charge in [-0.2, -0.15) is 0 Å². The number of fused-ring (bicyclic) bond motifs is 1. The Bertz CT molecular complexity index is 1250. The number of methoxy groups -OCH3 is 1. The molecule has 38 heavy (non-hydrogen) atoms. The number of pyridine rings is 1. The number of hydrogen-bond donors (Lipinski definition) is 1. The van der Waals surface area contributed by atoms with E-state index in [1.165, 1.54) is 18.1 Å². The molecule has 0 aliphatic rings. The van der Waals surface area contributed by atoms with Crippen molar-refractivity contribution in [1.29, 1.82) is 0 Å². The molecule has 11 heteroatoms. The summed E-state index contributed by atoms with van der Waals surface area (Å²) in [5.74, 6) is 0.852. The second kappa shape index (κ2) is 13.5. The molecule has 1 unspecified atom stereocenters. The quantitative estimate of drug-likeness (QED) is 0.221. The molecule has 0 aliphatic heterocycles. The molecule has 204 valence electrons. The summed E-state index contributed by atoms with van der Waals surface area (Å²) < 4.78 is 39.2. The molecule has 3 aromatic rings. The van der Waals surface area contributed by atoms with Gasteiger partial charge in [0.25, 0.3) is 5.88 Å². The minimum absolute atomic E-state index is 0.243. The van der Waals surface area contributed by atoms with Gasteiger partial charge in [-0.3, -0.25) is 4.98 Å². The van der Waals surface area contributed by atoms with Gasteiger partial charge in [-0.15, -0.1) is 13.2 Å². The molecule has 3 aromatic heterocycles. The minimum Gasteiger partial charge on any atom is -0.494 e. The number of amides is 2. The van der Waals surface area contributed by atoms with Crippen LogP contribution in [0.5, 0.6) is 11.6 Å². The van der Waals surface area contributed by atoms with Gasteiger partial charge in [-0.25, -0.2) is 23.5 Å².